The van der Waals surface area contributed by atoms with E-state index in [1.807, 2.05) is 0 Å². The van der Waals surface area contributed by atoms with Gasteiger partial charge in [-0.3, -0.25) is 5.84 Å². The number of anilines is 1. The molecule has 0 aromatic heterocycles. The van der Waals surface area contributed by atoms with E-state index in [-0.39, 0.29) is 15.2 Å². The van der Waals surface area contributed by atoms with Crippen molar-refractivity contribution in [1.82, 2.24) is 0 Å². The molecule has 1 rings (SSSR count). The SMILES string of the molecule is NNc1cc(C(F)(F)F)c(Br)cc1Cl. The molecule has 0 atom stereocenters. The maximum atomic E-state index is 12.4. The molecule has 0 heterocycles. The molecule has 78 valence electrons. The van der Waals surface area contributed by atoms with Gasteiger partial charge in [-0.15, -0.1) is 0 Å². The van der Waals surface area contributed by atoms with Crippen LogP contribution in [0.3, 0.4) is 0 Å². The van der Waals surface area contributed by atoms with Crippen molar-refractivity contribution in [2.45, 2.75) is 6.18 Å². The van der Waals surface area contributed by atoms with Gasteiger partial charge in [0.1, 0.15) is 0 Å². The van der Waals surface area contributed by atoms with Gasteiger partial charge >= 0.3 is 6.18 Å². The molecule has 0 aliphatic rings. The van der Waals surface area contributed by atoms with Crippen molar-refractivity contribution in [3.05, 3.63) is 27.2 Å². The largest absolute Gasteiger partial charge is 0.417 e. The number of nitrogens with two attached hydrogens (primary N) is 1. The van der Waals surface area contributed by atoms with Crippen LogP contribution < -0.4 is 11.3 Å². The van der Waals surface area contributed by atoms with E-state index in [4.69, 9.17) is 17.4 Å². The number of nitrogens with one attached hydrogen (secondary N) is 1. The van der Waals surface area contributed by atoms with Gasteiger partial charge in [-0.2, -0.15) is 13.2 Å². The molecule has 14 heavy (non-hydrogen) atoms. The molecule has 0 aliphatic carbocycles. The van der Waals surface area contributed by atoms with Crippen molar-refractivity contribution < 1.29 is 13.2 Å². The minimum Gasteiger partial charge on any atom is -0.323 e. The fraction of sp³-hybridized carbons (Fsp3) is 0.143. The molecule has 0 aliphatic heterocycles. The van der Waals surface area contributed by atoms with Crippen LogP contribution >= 0.6 is 27.5 Å². The Kier molecular flexibility index (Phi) is 3.28. The maximum absolute atomic E-state index is 12.4. The Balaban J connectivity index is 3.32. The van der Waals surface area contributed by atoms with Crippen LogP contribution in [-0.2, 0) is 6.18 Å². The van der Waals surface area contributed by atoms with Gasteiger partial charge in [0.2, 0.25) is 0 Å². The average molecular weight is 289 g/mol. The zero-order chi connectivity index (χ0) is 10.9. The lowest BCUT2D eigenvalue weighted by Crippen LogP contribution is -2.11. The summed E-state index contributed by atoms with van der Waals surface area (Å²) in [5.41, 5.74) is 1.29. The summed E-state index contributed by atoms with van der Waals surface area (Å²) >= 11 is 8.39. The van der Waals surface area contributed by atoms with Crippen LogP contribution in [-0.4, -0.2) is 0 Å². The van der Waals surface area contributed by atoms with E-state index in [1.54, 1.807) is 0 Å². The molecule has 0 bridgehead atoms. The monoisotopic (exact) mass is 288 g/mol. The summed E-state index contributed by atoms with van der Waals surface area (Å²) < 4.78 is 36.9. The van der Waals surface area contributed by atoms with Crippen LogP contribution in [0.25, 0.3) is 0 Å². The molecule has 3 N–H and O–H groups in total. The van der Waals surface area contributed by atoms with Crippen molar-refractivity contribution in [3.63, 3.8) is 0 Å². The second-order valence-electron chi connectivity index (χ2n) is 2.45. The second-order valence-corrected chi connectivity index (χ2v) is 3.72. The Labute approximate surface area is 91.3 Å². The minimum absolute atomic E-state index is 0.0298. The summed E-state index contributed by atoms with van der Waals surface area (Å²) in [4.78, 5) is 0. The first-order chi connectivity index (χ1) is 6.36. The van der Waals surface area contributed by atoms with Crippen LogP contribution in [0.2, 0.25) is 5.02 Å². The molecule has 0 spiro atoms. The van der Waals surface area contributed by atoms with Crippen LogP contribution in [0, 0.1) is 0 Å². The minimum atomic E-state index is -4.44. The number of alkyl halides is 3. The molecule has 0 saturated carbocycles. The Hall–Kier alpha value is -0.460. The van der Waals surface area contributed by atoms with Gasteiger partial charge in [0.15, 0.2) is 0 Å². The highest BCUT2D eigenvalue weighted by Gasteiger charge is 2.33. The van der Waals surface area contributed by atoms with Gasteiger partial charge in [-0.25, -0.2) is 0 Å². The van der Waals surface area contributed by atoms with Gasteiger partial charge < -0.3 is 5.43 Å². The summed E-state index contributed by atoms with van der Waals surface area (Å²) in [6, 6.07) is 1.98. The Morgan fingerprint density at radius 2 is 1.93 bits per heavy atom. The van der Waals surface area contributed by atoms with E-state index in [2.05, 4.69) is 21.4 Å². The van der Waals surface area contributed by atoms with Crippen LogP contribution in [0.4, 0.5) is 18.9 Å². The first kappa shape index (κ1) is 11.6. The van der Waals surface area contributed by atoms with Crippen molar-refractivity contribution in [2.75, 3.05) is 5.43 Å². The zero-order valence-electron chi connectivity index (χ0n) is 6.62. The predicted octanol–water partition coefficient (Wildman–Crippen LogP) is 3.41. The molecule has 2 nitrogen and oxygen atoms in total. The normalized spacial score (nSPS) is 11.6. The van der Waals surface area contributed by atoms with Crippen molar-refractivity contribution in [3.8, 4) is 0 Å². The number of halogens is 5. The first-order valence-corrected chi connectivity index (χ1v) is 4.56. The third kappa shape index (κ3) is 2.31. The maximum Gasteiger partial charge on any atom is 0.417 e. The molecule has 1 aromatic carbocycles. The highest BCUT2D eigenvalue weighted by molar-refractivity contribution is 9.10. The Morgan fingerprint density at radius 3 is 2.36 bits per heavy atom. The molecule has 0 unspecified atom stereocenters. The van der Waals surface area contributed by atoms with E-state index in [9.17, 15) is 13.2 Å². The Morgan fingerprint density at radius 1 is 1.36 bits per heavy atom. The summed E-state index contributed by atoms with van der Waals surface area (Å²) in [7, 11) is 0. The van der Waals surface area contributed by atoms with Crippen LogP contribution in [0.15, 0.2) is 16.6 Å². The quantitative estimate of drug-likeness (QED) is 0.614. The number of hydrogen-bond acceptors (Lipinski definition) is 2. The lowest BCUT2D eigenvalue weighted by Gasteiger charge is -2.12. The van der Waals surface area contributed by atoms with E-state index >= 15 is 0 Å². The van der Waals surface area contributed by atoms with Crippen molar-refractivity contribution >= 4 is 33.2 Å². The zero-order valence-corrected chi connectivity index (χ0v) is 8.96. The smallest absolute Gasteiger partial charge is 0.323 e. The van der Waals surface area contributed by atoms with Crippen LogP contribution in [0.1, 0.15) is 5.56 Å². The second kappa shape index (κ2) is 3.96. The van der Waals surface area contributed by atoms with Gasteiger partial charge in [0.25, 0.3) is 0 Å². The summed E-state index contributed by atoms with van der Waals surface area (Å²) in [5, 5.41) is 0.118. The molecule has 0 fully saturated rings. The average Bonchev–Trinajstić information content (AvgIpc) is 2.02. The van der Waals surface area contributed by atoms with Crippen molar-refractivity contribution in [2.24, 2.45) is 5.84 Å². The van der Waals surface area contributed by atoms with Gasteiger partial charge in [0.05, 0.1) is 16.3 Å². The number of nitrogen functional groups attached to an aromatic ring is 1. The van der Waals surface area contributed by atoms with Crippen LogP contribution in [0.5, 0.6) is 0 Å². The topological polar surface area (TPSA) is 38.0 Å². The molecular formula is C7H5BrClF3N2. The summed E-state index contributed by atoms with van der Waals surface area (Å²) in [6.45, 7) is 0. The molecule has 1 aromatic rings. The van der Waals surface area contributed by atoms with Gasteiger partial charge in [-0.05, 0) is 12.1 Å². The first-order valence-electron chi connectivity index (χ1n) is 3.39. The molecule has 7 heteroatoms. The predicted molar refractivity (Wildman–Crippen MR) is 52.0 cm³/mol. The Bertz CT molecular complexity index is 354. The fourth-order valence-corrected chi connectivity index (χ4v) is 1.80. The molecular weight excluding hydrogens is 284 g/mol. The molecule has 0 radical (unpaired) electrons. The van der Waals surface area contributed by atoms with E-state index in [0.29, 0.717) is 0 Å². The fourth-order valence-electron chi connectivity index (χ4n) is 0.877. The third-order valence-corrected chi connectivity index (χ3v) is 2.49. The third-order valence-electron chi connectivity index (χ3n) is 1.52. The van der Waals surface area contributed by atoms with E-state index in [1.165, 1.54) is 0 Å². The van der Waals surface area contributed by atoms with Crippen molar-refractivity contribution in [1.29, 1.82) is 0 Å². The van der Waals surface area contributed by atoms with Gasteiger partial charge in [0, 0.05) is 4.47 Å². The lowest BCUT2D eigenvalue weighted by atomic mass is 10.2. The number of hydrogen-bond donors (Lipinski definition) is 2. The van der Waals surface area contributed by atoms with Gasteiger partial charge in [-0.1, -0.05) is 27.5 Å². The number of hydrazine groups is 1. The highest BCUT2D eigenvalue weighted by atomic mass is 79.9. The molecule has 0 saturated heterocycles. The molecule has 0 amide bonds. The van der Waals surface area contributed by atoms with E-state index in [0.717, 1.165) is 12.1 Å². The van der Waals surface area contributed by atoms with E-state index < -0.39 is 11.7 Å². The summed E-state index contributed by atoms with van der Waals surface area (Å²) in [6.07, 6.45) is -4.44. The standard InChI is InChI=1S/C7H5BrClF3N2/c8-4-2-5(9)6(14-13)1-3(4)7(10,11)12/h1-2,14H,13H2. The highest BCUT2D eigenvalue weighted by Crippen LogP contribution is 2.38. The summed E-state index contributed by atoms with van der Waals surface area (Å²) in [5.74, 6) is 5.00. The lowest BCUT2D eigenvalue weighted by molar-refractivity contribution is -0.138. The number of benzene rings is 1. The number of rotatable bonds is 1.